The fourth-order valence-electron chi connectivity index (χ4n) is 1.65. The van der Waals surface area contributed by atoms with Crippen molar-refractivity contribution in [2.24, 2.45) is 0 Å². The van der Waals surface area contributed by atoms with Crippen molar-refractivity contribution in [1.82, 2.24) is 0 Å². The maximum atomic E-state index is 9.20. The van der Waals surface area contributed by atoms with Gasteiger partial charge in [-0.15, -0.1) is 0 Å². The van der Waals surface area contributed by atoms with Crippen LogP contribution < -0.4 is 5.73 Å². The quantitative estimate of drug-likeness (QED) is 0.606. The highest BCUT2D eigenvalue weighted by Gasteiger charge is 1.96. The van der Waals surface area contributed by atoms with Gasteiger partial charge in [0, 0.05) is 5.69 Å². The molecule has 0 radical (unpaired) electrons. The second kappa shape index (κ2) is 4.74. The second-order valence-electron chi connectivity index (χ2n) is 4.04. The van der Waals surface area contributed by atoms with E-state index in [1.807, 2.05) is 36.4 Å². The molecule has 2 heteroatoms. The number of aromatic hydroxyl groups is 1. The number of anilines is 1. The van der Waals surface area contributed by atoms with Gasteiger partial charge < -0.3 is 10.8 Å². The zero-order chi connectivity index (χ0) is 12.3. The monoisotopic (exact) mass is 225 g/mol. The summed E-state index contributed by atoms with van der Waals surface area (Å²) >= 11 is 0. The number of nitrogens with two attached hydrogens (primary N) is 1. The molecular formula is C15H15NO. The van der Waals surface area contributed by atoms with Crippen molar-refractivity contribution in [3.63, 3.8) is 0 Å². The second-order valence-corrected chi connectivity index (χ2v) is 4.04. The Balaban J connectivity index is 2.27. The van der Waals surface area contributed by atoms with Crippen LogP contribution in [0.4, 0.5) is 5.69 Å². The Kier molecular flexibility index (Phi) is 3.15. The SMILES string of the molecule is CC(=Cc1ccc(O)cc1)c1ccc(N)cc1. The lowest BCUT2D eigenvalue weighted by atomic mass is 10.0. The fourth-order valence-corrected chi connectivity index (χ4v) is 1.65. The maximum Gasteiger partial charge on any atom is 0.115 e. The van der Waals surface area contributed by atoms with E-state index < -0.39 is 0 Å². The summed E-state index contributed by atoms with van der Waals surface area (Å²) in [6, 6.07) is 14.9. The molecule has 3 N–H and O–H groups in total. The summed E-state index contributed by atoms with van der Waals surface area (Å²) in [6.45, 7) is 2.05. The Hall–Kier alpha value is -2.22. The maximum absolute atomic E-state index is 9.20. The van der Waals surface area contributed by atoms with E-state index in [9.17, 15) is 5.11 Å². The minimum absolute atomic E-state index is 0.285. The predicted octanol–water partition coefficient (Wildman–Crippen LogP) is 3.53. The van der Waals surface area contributed by atoms with Crippen molar-refractivity contribution < 1.29 is 5.11 Å². The van der Waals surface area contributed by atoms with Gasteiger partial charge in [0.25, 0.3) is 0 Å². The third kappa shape index (κ3) is 2.88. The molecule has 0 aliphatic heterocycles. The standard InChI is InChI=1S/C15H15NO/c1-11(13-4-6-14(16)7-5-13)10-12-2-8-15(17)9-3-12/h2-10,17H,16H2,1H3. The molecule has 0 unspecified atom stereocenters. The van der Waals surface area contributed by atoms with Crippen LogP contribution in [0.1, 0.15) is 18.1 Å². The van der Waals surface area contributed by atoms with Gasteiger partial charge in [-0.05, 0) is 47.9 Å². The first-order valence-corrected chi connectivity index (χ1v) is 5.48. The minimum atomic E-state index is 0.285. The highest BCUT2D eigenvalue weighted by atomic mass is 16.3. The van der Waals surface area contributed by atoms with Gasteiger partial charge in [-0.25, -0.2) is 0 Å². The number of hydrogen-bond donors (Lipinski definition) is 2. The van der Waals surface area contributed by atoms with Crippen LogP contribution in [0, 0.1) is 0 Å². The third-order valence-electron chi connectivity index (χ3n) is 2.64. The summed E-state index contributed by atoms with van der Waals surface area (Å²) in [5, 5.41) is 9.20. The van der Waals surface area contributed by atoms with E-state index in [2.05, 4.69) is 13.0 Å². The van der Waals surface area contributed by atoms with Crippen LogP contribution in [0.15, 0.2) is 48.5 Å². The molecular weight excluding hydrogens is 210 g/mol. The van der Waals surface area contributed by atoms with Gasteiger partial charge in [-0.2, -0.15) is 0 Å². The van der Waals surface area contributed by atoms with Crippen LogP contribution in [-0.2, 0) is 0 Å². The van der Waals surface area contributed by atoms with Crippen LogP contribution in [0.25, 0.3) is 11.6 Å². The van der Waals surface area contributed by atoms with Crippen molar-refractivity contribution >= 4 is 17.3 Å². The largest absolute Gasteiger partial charge is 0.508 e. The molecule has 0 saturated heterocycles. The lowest BCUT2D eigenvalue weighted by Gasteiger charge is -2.03. The summed E-state index contributed by atoms with van der Waals surface area (Å²) in [5.74, 6) is 0.285. The van der Waals surface area contributed by atoms with Crippen LogP contribution >= 0.6 is 0 Å². The average Bonchev–Trinajstić information content (AvgIpc) is 2.33. The number of rotatable bonds is 2. The summed E-state index contributed by atoms with van der Waals surface area (Å²) in [7, 11) is 0. The topological polar surface area (TPSA) is 46.2 Å². The van der Waals surface area contributed by atoms with Crippen LogP contribution in [-0.4, -0.2) is 5.11 Å². The van der Waals surface area contributed by atoms with Crippen molar-refractivity contribution in [2.45, 2.75) is 6.92 Å². The molecule has 86 valence electrons. The van der Waals surface area contributed by atoms with E-state index in [4.69, 9.17) is 5.73 Å². The van der Waals surface area contributed by atoms with E-state index in [1.54, 1.807) is 12.1 Å². The lowest BCUT2D eigenvalue weighted by Crippen LogP contribution is -1.85. The highest BCUT2D eigenvalue weighted by Crippen LogP contribution is 2.20. The van der Waals surface area contributed by atoms with E-state index in [0.29, 0.717) is 0 Å². The summed E-state index contributed by atoms with van der Waals surface area (Å²) < 4.78 is 0. The number of phenolic OH excluding ortho intramolecular Hbond substituents is 1. The van der Waals surface area contributed by atoms with Gasteiger partial charge >= 0.3 is 0 Å². The molecule has 0 atom stereocenters. The molecule has 0 amide bonds. The molecule has 2 rings (SSSR count). The molecule has 2 aromatic rings. The highest BCUT2D eigenvalue weighted by molar-refractivity contribution is 5.80. The molecule has 0 bridgehead atoms. The summed E-state index contributed by atoms with van der Waals surface area (Å²) in [4.78, 5) is 0. The number of benzene rings is 2. The first kappa shape index (κ1) is 11.3. The van der Waals surface area contributed by atoms with Gasteiger partial charge in [-0.3, -0.25) is 0 Å². The zero-order valence-electron chi connectivity index (χ0n) is 9.72. The lowest BCUT2D eigenvalue weighted by molar-refractivity contribution is 0.475. The number of hydrogen-bond acceptors (Lipinski definition) is 2. The van der Waals surface area contributed by atoms with Crippen LogP contribution in [0.3, 0.4) is 0 Å². The van der Waals surface area contributed by atoms with Gasteiger partial charge in [0.15, 0.2) is 0 Å². The molecule has 0 aromatic heterocycles. The summed E-state index contributed by atoms with van der Waals surface area (Å²) in [5.41, 5.74) is 9.79. The van der Waals surface area contributed by atoms with E-state index in [-0.39, 0.29) is 5.75 Å². The predicted molar refractivity (Wildman–Crippen MR) is 72.5 cm³/mol. The summed E-state index contributed by atoms with van der Waals surface area (Å²) in [6.07, 6.45) is 2.07. The first-order chi connectivity index (χ1) is 8.15. The molecule has 0 saturated carbocycles. The van der Waals surface area contributed by atoms with Gasteiger partial charge in [-0.1, -0.05) is 30.3 Å². The molecule has 2 nitrogen and oxygen atoms in total. The Morgan fingerprint density at radius 1 is 1.00 bits per heavy atom. The number of phenols is 1. The van der Waals surface area contributed by atoms with Gasteiger partial charge in [0.05, 0.1) is 0 Å². The van der Waals surface area contributed by atoms with Crippen molar-refractivity contribution in [3.05, 3.63) is 59.7 Å². The Bertz CT molecular complexity index is 524. The van der Waals surface area contributed by atoms with Gasteiger partial charge in [0.1, 0.15) is 5.75 Å². The Morgan fingerprint density at radius 3 is 2.18 bits per heavy atom. The Labute approximate surface area is 101 Å². The molecule has 2 aromatic carbocycles. The number of allylic oxidation sites excluding steroid dienone is 1. The van der Waals surface area contributed by atoms with Crippen LogP contribution in [0.5, 0.6) is 5.75 Å². The molecule has 0 heterocycles. The smallest absolute Gasteiger partial charge is 0.115 e. The average molecular weight is 225 g/mol. The molecule has 0 fully saturated rings. The van der Waals surface area contributed by atoms with E-state index >= 15 is 0 Å². The molecule has 0 aliphatic carbocycles. The van der Waals surface area contributed by atoms with Crippen molar-refractivity contribution in [3.8, 4) is 5.75 Å². The van der Waals surface area contributed by atoms with Gasteiger partial charge in [0.2, 0.25) is 0 Å². The van der Waals surface area contributed by atoms with Crippen molar-refractivity contribution in [1.29, 1.82) is 0 Å². The van der Waals surface area contributed by atoms with Crippen LogP contribution in [0.2, 0.25) is 0 Å². The van der Waals surface area contributed by atoms with E-state index in [0.717, 1.165) is 22.4 Å². The minimum Gasteiger partial charge on any atom is -0.508 e. The fraction of sp³-hybridized carbons (Fsp3) is 0.0667. The van der Waals surface area contributed by atoms with E-state index in [1.165, 1.54) is 0 Å². The first-order valence-electron chi connectivity index (χ1n) is 5.48. The third-order valence-corrected chi connectivity index (χ3v) is 2.64. The molecule has 17 heavy (non-hydrogen) atoms. The zero-order valence-corrected chi connectivity index (χ0v) is 9.72. The molecule has 0 spiro atoms. The Morgan fingerprint density at radius 2 is 1.59 bits per heavy atom. The number of nitrogen functional groups attached to an aromatic ring is 1. The molecule has 0 aliphatic rings. The normalized spacial score (nSPS) is 11.5. The van der Waals surface area contributed by atoms with Crippen molar-refractivity contribution in [2.75, 3.05) is 5.73 Å².